The predicted octanol–water partition coefficient (Wildman–Crippen LogP) is 3.40. The third-order valence-electron chi connectivity index (χ3n) is 5.92. The molecule has 7 nitrogen and oxygen atoms in total. The lowest BCUT2D eigenvalue weighted by Gasteiger charge is -2.37. The van der Waals surface area contributed by atoms with Gasteiger partial charge in [-0.15, -0.1) is 0 Å². The Labute approximate surface area is 200 Å². The van der Waals surface area contributed by atoms with Crippen LogP contribution < -0.4 is 4.74 Å². The monoisotopic (exact) mass is 490 g/mol. The summed E-state index contributed by atoms with van der Waals surface area (Å²) in [5, 5.41) is 9.73. The number of carbonyl (C=O) groups is 1. The predicted molar refractivity (Wildman–Crippen MR) is 129 cm³/mol. The largest absolute Gasteiger partial charge is 0.487 e. The minimum absolute atomic E-state index is 0.0112. The van der Waals surface area contributed by atoms with Crippen LogP contribution in [0.2, 0.25) is 0 Å². The molecule has 3 rings (SSSR count). The lowest BCUT2D eigenvalue weighted by atomic mass is 10.0. The van der Waals surface area contributed by atoms with Gasteiger partial charge in [0, 0.05) is 31.1 Å². The number of amides is 1. The zero-order valence-corrected chi connectivity index (χ0v) is 20.6. The molecular weight excluding hydrogens is 459 g/mol. The van der Waals surface area contributed by atoms with Crippen LogP contribution in [-0.4, -0.2) is 67.5 Å². The van der Waals surface area contributed by atoms with E-state index in [1.54, 1.807) is 32.2 Å². The molecule has 1 N–H and O–H groups in total. The number of nitrogens with zero attached hydrogens (tertiary/aromatic N) is 2. The second kappa shape index (κ2) is 10.7. The molecule has 0 bridgehead atoms. The molecular formula is C25H31FN2O5S. The van der Waals surface area contributed by atoms with Gasteiger partial charge in [0.25, 0.3) is 5.91 Å². The number of ether oxygens (including phenoxy) is 1. The van der Waals surface area contributed by atoms with Gasteiger partial charge in [0.2, 0.25) is 10.0 Å². The fourth-order valence-corrected chi connectivity index (χ4v) is 5.78. The zero-order valence-electron chi connectivity index (χ0n) is 19.8. The van der Waals surface area contributed by atoms with Crippen molar-refractivity contribution in [2.24, 2.45) is 5.92 Å². The summed E-state index contributed by atoms with van der Waals surface area (Å²) in [6, 6.07) is 9.69. The van der Waals surface area contributed by atoms with Crippen LogP contribution >= 0.6 is 0 Å². The Hall–Kier alpha value is -2.75. The van der Waals surface area contributed by atoms with Gasteiger partial charge in [-0.05, 0) is 49.7 Å². The number of fused-ring (bicyclic) bond motifs is 1. The maximum atomic E-state index is 13.6. The van der Waals surface area contributed by atoms with Crippen molar-refractivity contribution in [1.82, 2.24) is 9.21 Å². The van der Waals surface area contributed by atoms with E-state index in [2.05, 4.69) is 0 Å². The molecule has 1 amide bonds. The Kier molecular flexibility index (Phi) is 8.12. The SMILES string of the molecule is C/C=C/c1ccc2c(c1)O[C@H](CN(C)C(=O)c1cccc(F)c1)[C@H](C)CN([C@H](C)CO)S2(=O)=O. The molecule has 184 valence electrons. The maximum absolute atomic E-state index is 13.6. The Morgan fingerprint density at radius 2 is 2.06 bits per heavy atom. The van der Waals surface area contributed by atoms with Crippen molar-refractivity contribution in [3.8, 4) is 5.75 Å². The minimum atomic E-state index is -3.93. The van der Waals surface area contributed by atoms with E-state index in [1.165, 1.54) is 33.5 Å². The number of benzene rings is 2. The van der Waals surface area contributed by atoms with Gasteiger partial charge in [0.05, 0.1) is 13.2 Å². The lowest BCUT2D eigenvalue weighted by molar-refractivity contribution is 0.0563. The highest BCUT2D eigenvalue weighted by Crippen LogP contribution is 2.34. The number of halogens is 1. The lowest BCUT2D eigenvalue weighted by Crippen LogP contribution is -2.50. The van der Waals surface area contributed by atoms with Crippen molar-refractivity contribution in [2.45, 2.75) is 37.8 Å². The average molecular weight is 491 g/mol. The van der Waals surface area contributed by atoms with Gasteiger partial charge < -0.3 is 14.7 Å². The van der Waals surface area contributed by atoms with E-state index >= 15 is 0 Å². The summed E-state index contributed by atoms with van der Waals surface area (Å²) in [6.45, 7) is 5.28. The fraction of sp³-hybridized carbons (Fsp3) is 0.400. The van der Waals surface area contributed by atoms with E-state index in [0.717, 1.165) is 5.56 Å². The van der Waals surface area contributed by atoms with Crippen LogP contribution in [0, 0.1) is 11.7 Å². The molecule has 2 aromatic carbocycles. The van der Waals surface area contributed by atoms with Crippen LogP contribution in [0.1, 0.15) is 36.7 Å². The number of hydrogen-bond donors (Lipinski definition) is 1. The smallest absolute Gasteiger partial charge is 0.253 e. The highest BCUT2D eigenvalue weighted by molar-refractivity contribution is 7.89. The topological polar surface area (TPSA) is 87.2 Å². The number of sulfonamides is 1. The Morgan fingerprint density at radius 3 is 2.71 bits per heavy atom. The first-order valence-corrected chi connectivity index (χ1v) is 12.6. The van der Waals surface area contributed by atoms with Crippen LogP contribution in [0.3, 0.4) is 0 Å². The van der Waals surface area contributed by atoms with Gasteiger partial charge in [-0.2, -0.15) is 4.31 Å². The summed E-state index contributed by atoms with van der Waals surface area (Å²) in [6.07, 6.45) is 3.12. The molecule has 0 fully saturated rings. The summed E-state index contributed by atoms with van der Waals surface area (Å²) in [7, 11) is -2.33. The van der Waals surface area contributed by atoms with Crippen molar-refractivity contribution in [1.29, 1.82) is 0 Å². The van der Waals surface area contributed by atoms with E-state index in [0.29, 0.717) is 0 Å². The molecule has 0 spiro atoms. The summed E-state index contributed by atoms with van der Waals surface area (Å²) >= 11 is 0. The average Bonchev–Trinajstić information content (AvgIpc) is 2.80. The molecule has 0 radical (unpaired) electrons. The number of hydrogen-bond acceptors (Lipinski definition) is 5. The normalized spacial score (nSPS) is 21.2. The van der Waals surface area contributed by atoms with E-state index < -0.39 is 28.0 Å². The van der Waals surface area contributed by atoms with Crippen LogP contribution in [0.25, 0.3) is 6.08 Å². The molecule has 3 atom stereocenters. The van der Waals surface area contributed by atoms with Crippen LogP contribution in [0.4, 0.5) is 4.39 Å². The van der Waals surface area contributed by atoms with Gasteiger partial charge in [-0.3, -0.25) is 4.79 Å². The Morgan fingerprint density at radius 1 is 1.32 bits per heavy atom. The van der Waals surface area contributed by atoms with Crippen LogP contribution in [0.5, 0.6) is 5.75 Å². The maximum Gasteiger partial charge on any atom is 0.253 e. The van der Waals surface area contributed by atoms with Gasteiger partial charge in [0.1, 0.15) is 22.6 Å². The first-order chi connectivity index (χ1) is 16.1. The molecule has 1 aliphatic heterocycles. The third kappa shape index (κ3) is 5.48. The van der Waals surface area contributed by atoms with Crippen molar-refractivity contribution >= 4 is 22.0 Å². The number of likely N-dealkylation sites (N-methyl/N-ethyl adjacent to an activating group) is 1. The van der Waals surface area contributed by atoms with Crippen LogP contribution in [0.15, 0.2) is 53.4 Å². The van der Waals surface area contributed by atoms with Gasteiger partial charge in [-0.1, -0.05) is 31.2 Å². The summed E-state index contributed by atoms with van der Waals surface area (Å²) in [4.78, 5) is 14.4. The minimum Gasteiger partial charge on any atom is -0.487 e. The van der Waals surface area contributed by atoms with Gasteiger partial charge in [-0.25, -0.2) is 12.8 Å². The summed E-state index contributed by atoms with van der Waals surface area (Å²) < 4.78 is 48.1. The van der Waals surface area contributed by atoms with Crippen molar-refractivity contribution < 1.29 is 27.4 Å². The summed E-state index contributed by atoms with van der Waals surface area (Å²) in [5.74, 6) is -0.994. The first-order valence-electron chi connectivity index (χ1n) is 11.2. The fourth-order valence-electron chi connectivity index (χ4n) is 3.95. The summed E-state index contributed by atoms with van der Waals surface area (Å²) in [5.41, 5.74) is 0.990. The molecule has 9 heteroatoms. The second-order valence-corrected chi connectivity index (χ2v) is 10.5. The van der Waals surface area contributed by atoms with E-state index in [4.69, 9.17) is 4.74 Å². The molecule has 1 heterocycles. The van der Waals surface area contributed by atoms with Crippen molar-refractivity contribution in [2.75, 3.05) is 26.7 Å². The highest BCUT2D eigenvalue weighted by Gasteiger charge is 2.38. The van der Waals surface area contributed by atoms with Gasteiger partial charge >= 0.3 is 0 Å². The number of aliphatic hydroxyl groups is 1. The zero-order chi connectivity index (χ0) is 25.0. The van der Waals surface area contributed by atoms with E-state index in [-0.39, 0.29) is 47.7 Å². The Bertz CT molecular complexity index is 1170. The van der Waals surface area contributed by atoms with Crippen molar-refractivity contribution in [3.63, 3.8) is 0 Å². The third-order valence-corrected chi connectivity index (χ3v) is 7.94. The standard InChI is InChI=1S/C25H31FN2O5S/c1-5-7-19-10-11-24-22(12-19)33-23(17(2)14-28(18(3)16-29)34(24,31)32)15-27(4)25(30)20-8-6-9-21(26)13-20/h5-13,17-18,23,29H,14-16H2,1-4H3/b7-5+/t17-,18-,23-/m1/s1. The quantitative estimate of drug-likeness (QED) is 0.671. The Balaban J connectivity index is 2.00. The number of aliphatic hydroxyl groups excluding tert-OH is 1. The molecule has 0 saturated carbocycles. The molecule has 1 aliphatic rings. The van der Waals surface area contributed by atoms with Gasteiger partial charge in [0.15, 0.2) is 0 Å². The second-order valence-electron chi connectivity index (χ2n) is 8.64. The van der Waals surface area contributed by atoms with E-state index in [1.807, 2.05) is 26.0 Å². The van der Waals surface area contributed by atoms with Crippen molar-refractivity contribution in [3.05, 3.63) is 65.5 Å². The number of allylic oxidation sites excluding steroid dienone is 1. The molecule has 2 aromatic rings. The molecule has 0 aliphatic carbocycles. The van der Waals surface area contributed by atoms with E-state index in [9.17, 15) is 22.7 Å². The molecule has 34 heavy (non-hydrogen) atoms. The number of carbonyl (C=O) groups excluding carboxylic acids is 1. The molecule has 0 aromatic heterocycles. The first kappa shape index (κ1) is 25.9. The number of rotatable bonds is 6. The molecule has 0 saturated heterocycles. The van der Waals surface area contributed by atoms with Crippen LogP contribution in [-0.2, 0) is 10.0 Å². The highest BCUT2D eigenvalue weighted by atomic mass is 32.2. The molecule has 0 unspecified atom stereocenters.